The Bertz CT molecular complexity index is 1240. The SMILES string of the molecule is COc1ccc(C2(c3ccccc3)C=Cc3c(ccc4ccccc34)O2)c(OC)c1. The Labute approximate surface area is 176 Å². The van der Waals surface area contributed by atoms with Crippen molar-refractivity contribution in [1.29, 1.82) is 0 Å². The Morgan fingerprint density at radius 3 is 2.37 bits per heavy atom. The third kappa shape index (κ3) is 2.82. The lowest BCUT2D eigenvalue weighted by atomic mass is 9.82. The van der Waals surface area contributed by atoms with Crippen molar-refractivity contribution in [3.63, 3.8) is 0 Å². The van der Waals surface area contributed by atoms with Crippen LogP contribution in [-0.2, 0) is 5.60 Å². The van der Waals surface area contributed by atoms with E-state index in [0.717, 1.165) is 28.2 Å². The Balaban J connectivity index is 1.75. The van der Waals surface area contributed by atoms with Crippen LogP contribution >= 0.6 is 0 Å². The molecule has 1 atom stereocenters. The van der Waals surface area contributed by atoms with Crippen LogP contribution in [-0.4, -0.2) is 14.2 Å². The molecular formula is C27H22O3. The lowest BCUT2D eigenvalue weighted by molar-refractivity contribution is 0.157. The van der Waals surface area contributed by atoms with Gasteiger partial charge in [0.15, 0.2) is 5.60 Å². The van der Waals surface area contributed by atoms with Gasteiger partial charge < -0.3 is 14.2 Å². The number of hydrogen-bond acceptors (Lipinski definition) is 3. The summed E-state index contributed by atoms with van der Waals surface area (Å²) in [6, 6.07) is 28.6. The van der Waals surface area contributed by atoms with Crippen LogP contribution < -0.4 is 14.2 Å². The highest BCUT2D eigenvalue weighted by Gasteiger charge is 2.39. The zero-order valence-electron chi connectivity index (χ0n) is 17.0. The lowest BCUT2D eigenvalue weighted by Crippen LogP contribution is -2.34. The van der Waals surface area contributed by atoms with E-state index in [0.29, 0.717) is 5.75 Å². The molecule has 0 bridgehead atoms. The van der Waals surface area contributed by atoms with Crippen molar-refractivity contribution in [2.75, 3.05) is 14.2 Å². The summed E-state index contributed by atoms with van der Waals surface area (Å²) in [5, 5.41) is 2.37. The zero-order chi connectivity index (χ0) is 20.6. The third-order valence-corrected chi connectivity index (χ3v) is 5.70. The summed E-state index contributed by atoms with van der Waals surface area (Å²) in [4.78, 5) is 0. The first kappa shape index (κ1) is 18.3. The van der Waals surface area contributed by atoms with Crippen LogP contribution in [0, 0.1) is 0 Å². The summed E-state index contributed by atoms with van der Waals surface area (Å²) < 4.78 is 18.0. The van der Waals surface area contributed by atoms with Crippen molar-refractivity contribution in [3.05, 3.63) is 108 Å². The molecule has 30 heavy (non-hydrogen) atoms. The van der Waals surface area contributed by atoms with Gasteiger partial charge in [-0.05, 0) is 41.1 Å². The molecule has 4 aromatic rings. The number of benzene rings is 4. The van der Waals surface area contributed by atoms with Gasteiger partial charge in [-0.3, -0.25) is 0 Å². The molecule has 4 aromatic carbocycles. The van der Waals surface area contributed by atoms with E-state index in [4.69, 9.17) is 14.2 Å². The number of rotatable bonds is 4. The van der Waals surface area contributed by atoms with E-state index in [9.17, 15) is 0 Å². The predicted octanol–water partition coefficient (Wildman–Crippen LogP) is 6.21. The minimum atomic E-state index is -0.811. The first-order valence-corrected chi connectivity index (χ1v) is 9.93. The fourth-order valence-corrected chi connectivity index (χ4v) is 4.19. The molecule has 148 valence electrons. The van der Waals surface area contributed by atoms with E-state index in [2.05, 4.69) is 60.7 Å². The van der Waals surface area contributed by atoms with Gasteiger partial charge in [0.1, 0.15) is 17.2 Å². The van der Waals surface area contributed by atoms with Crippen molar-refractivity contribution in [2.45, 2.75) is 5.60 Å². The number of ether oxygens (including phenoxy) is 3. The largest absolute Gasteiger partial charge is 0.497 e. The molecule has 0 radical (unpaired) electrons. The van der Waals surface area contributed by atoms with E-state index in [1.807, 2.05) is 36.4 Å². The Morgan fingerprint density at radius 1 is 0.767 bits per heavy atom. The summed E-state index contributed by atoms with van der Waals surface area (Å²) in [7, 11) is 3.32. The average molecular weight is 394 g/mol. The van der Waals surface area contributed by atoms with Crippen molar-refractivity contribution in [2.24, 2.45) is 0 Å². The topological polar surface area (TPSA) is 27.7 Å². The summed E-state index contributed by atoms with van der Waals surface area (Å²) in [6.07, 6.45) is 4.29. The average Bonchev–Trinajstić information content (AvgIpc) is 2.83. The standard InChI is InChI=1S/C27H22O3/c1-28-21-13-14-24(26(18-21)29-2)27(20-9-4-3-5-10-20)17-16-23-22-11-7-6-8-19(22)12-15-25(23)30-27/h3-18H,1-2H3. The van der Waals surface area contributed by atoms with Crippen molar-refractivity contribution in [3.8, 4) is 17.2 Å². The van der Waals surface area contributed by atoms with Gasteiger partial charge in [-0.2, -0.15) is 0 Å². The molecule has 0 saturated carbocycles. The third-order valence-electron chi connectivity index (χ3n) is 5.70. The van der Waals surface area contributed by atoms with Crippen molar-refractivity contribution in [1.82, 2.24) is 0 Å². The minimum absolute atomic E-state index is 0.715. The van der Waals surface area contributed by atoms with Crippen LogP contribution in [0.3, 0.4) is 0 Å². The molecule has 5 rings (SSSR count). The van der Waals surface area contributed by atoms with Crippen LogP contribution in [0.4, 0.5) is 0 Å². The van der Waals surface area contributed by atoms with E-state index in [1.165, 1.54) is 10.8 Å². The van der Waals surface area contributed by atoms with Crippen LogP contribution in [0.2, 0.25) is 0 Å². The second-order valence-corrected chi connectivity index (χ2v) is 7.30. The number of hydrogen-bond donors (Lipinski definition) is 0. The van der Waals surface area contributed by atoms with Gasteiger partial charge in [-0.25, -0.2) is 0 Å². The van der Waals surface area contributed by atoms with Gasteiger partial charge >= 0.3 is 0 Å². The quantitative estimate of drug-likeness (QED) is 0.412. The maximum atomic E-state index is 6.81. The molecule has 0 N–H and O–H groups in total. The van der Waals surface area contributed by atoms with E-state index < -0.39 is 5.60 Å². The molecule has 0 spiro atoms. The number of fused-ring (bicyclic) bond motifs is 3. The maximum absolute atomic E-state index is 6.81. The zero-order valence-corrected chi connectivity index (χ0v) is 17.0. The van der Waals surface area contributed by atoms with E-state index >= 15 is 0 Å². The summed E-state index contributed by atoms with van der Waals surface area (Å²) in [6.45, 7) is 0. The molecule has 0 fully saturated rings. The molecule has 0 amide bonds. The first-order valence-electron chi connectivity index (χ1n) is 9.93. The van der Waals surface area contributed by atoms with Gasteiger partial charge in [-0.15, -0.1) is 0 Å². The molecule has 0 aliphatic carbocycles. The predicted molar refractivity (Wildman–Crippen MR) is 120 cm³/mol. The highest BCUT2D eigenvalue weighted by molar-refractivity contribution is 5.94. The highest BCUT2D eigenvalue weighted by Crippen LogP contribution is 2.47. The van der Waals surface area contributed by atoms with Crippen LogP contribution in [0.1, 0.15) is 16.7 Å². The second-order valence-electron chi connectivity index (χ2n) is 7.30. The van der Waals surface area contributed by atoms with Crippen LogP contribution in [0.5, 0.6) is 17.2 Å². The van der Waals surface area contributed by atoms with Crippen molar-refractivity contribution < 1.29 is 14.2 Å². The lowest BCUT2D eigenvalue weighted by Gasteiger charge is -2.37. The Morgan fingerprint density at radius 2 is 1.57 bits per heavy atom. The molecule has 1 unspecified atom stereocenters. The van der Waals surface area contributed by atoms with Gasteiger partial charge in [0.05, 0.1) is 14.2 Å². The second kappa shape index (κ2) is 7.27. The van der Waals surface area contributed by atoms with E-state index in [-0.39, 0.29) is 0 Å². The molecule has 1 heterocycles. The normalized spacial score (nSPS) is 17.3. The monoisotopic (exact) mass is 394 g/mol. The summed E-state index contributed by atoms with van der Waals surface area (Å²) >= 11 is 0. The summed E-state index contributed by atoms with van der Waals surface area (Å²) in [5.74, 6) is 2.30. The Kier molecular flexibility index (Phi) is 4.44. The highest BCUT2D eigenvalue weighted by atomic mass is 16.5. The fourth-order valence-electron chi connectivity index (χ4n) is 4.19. The molecule has 1 aliphatic heterocycles. The number of methoxy groups -OCH3 is 2. The van der Waals surface area contributed by atoms with Gasteiger partial charge in [-0.1, -0.05) is 60.7 Å². The molecule has 0 saturated heterocycles. The van der Waals surface area contributed by atoms with Gasteiger partial charge in [0.2, 0.25) is 0 Å². The first-order chi connectivity index (χ1) is 14.7. The molecular weight excluding hydrogens is 372 g/mol. The van der Waals surface area contributed by atoms with Gasteiger partial charge in [0, 0.05) is 22.8 Å². The van der Waals surface area contributed by atoms with Crippen LogP contribution in [0.15, 0.2) is 91.0 Å². The Hall–Kier alpha value is -3.72. The van der Waals surface area contributed by atoms with E-state index in [1.54, 1.807) is 14.2 Å². The minimum Gasteiger partial charge on any atom is -0.497 e. The van der Waals surface area contributed by atoms with Gasteiger partial charge in [0.25, 0.3) is 0 Å². The molecule has 0 aromatic heterocycles. The maximum Gasteiger partial charge on any atom is 0.181 e. The fraction of sp³-hybridized carbons (Fsp3) is 0.111. The molecule has 3 heteroatoms. The van der Waals surface area contributed by atoms with Crippen LogP contribution in [0.25, 0.3) is 16.8 Å². The molecule has 3 nitrogen and oxygen atoms in total. The summed E-state index contributed by atoms with van der Waals surface area (Å²) in [5.41, 5.74) is 2.23. The van der Waals surface area contributed by atoms with Crippen molar-refractivity contribution >= 4 is 16.8 Å². The smallest absolute Gasteiger partial charge is 0.181 e. The molecule has 1 aliphatic rings.